The number of aromatic nitrogens is 3. The first-order valence-corrected chi connectivity index (χ1v) is 5.41. The highest BCUT2D eigenvalue weighted by atomic mass is 16.5. The summed E-state index contributed by atoms with van der Waals surface area (Å²) in [6.45, 7) is 0.563. The van der Waals surface area contributed by atoms with Crippen molar-refractivity contribution in [3.63, 3.8) is 0 Å². The van der Waals surface area contributed by atoms with Crippen molar-refractivity contribution in [2.75, 3.05) is 6.61 Å². The summed E-state index contributed by atoms with van der Waals surface area (Å²) in [7, 11) is 0. The van der Waals surface area contributed by atoms with Crippen LogP contribution in [0.15, 0.2) is 41.6 Å². The minimum atomic E-state index is -0.253. The number of aromatic amines is 1. The van der Waals surface area contributed by atoms with Crippen LogP contribution < -0.4 is 10.3 Å². The standard InChI is InChI=1S/C12H13N3O2/c16-12-8-11(9-14-15-12)17-7-1-2-10-3-5-13-6-4-10/h3-6,8-9H,1-2,7H2,(H,15,16). The number of nitrogens with zero attached hydrogens (tertiary/aromatic N) is 2. The summed E-state index contributed by atoms with van der Waals surface area (Å²) in [4.78, 5) is 14.9. The average Bonchev–Trinajstić information content (AvgIpc) is 2.36. The predicted octanol–water partition coefficient (Wildman–Crippen LogP) is 1.18. The van der Waals surface area contributed by atoms with E-state index in [9.17, 15) is 4.79 Å². The molecule has 0 unspecified atom stereocenters. The number of ether oxygens (including phenoxy) is 1. The molecular weight excluding hydrogens is 218 g/mol. The van der Waals surface area contributed by atoms with Crippen LogP contribution in [-0.4, -0.2) is 21.8 Å². The van der Waals surface area contributed by atoms with Crippen molar-refractivity contribution in [2.45, 2.75) is 12.8 Å². The first-order chi connectivity index (χ1) is 8.34. The second-order valence-corrected chi connectivity index (χ2v) is 3.59. The topological polar surface area (TPSA) is 67.9 Å². The summed E-state index contributed by atoms with van der Waals surface area (Å²) in [5.41, 5.74) is 0.976. The summed E-state index contributed by atoms with van der Waals surface area (Å²) >= 11 is 0. The lowest BCUT2D eigenvalue weighted by atomic mass is 10.1. The summed E-state index contributed by atoms with van der Waals surface area (Å²) in [6, 6.07) is 5.35. The van der Waals surface area contributed by atoms with Crippen molar-refractivity contribution in [2.24, 2.45) is 0 Å². The zero-order valence-corrected chi connectivity index (χ0v) is 9.30. The number of H-pyrrole nitrogens is 1. The third-order valence-electron chi connectivity index (χ3n) is 2.27. The number of rotatable bonds is 5. The second kappa shape index (κ2) is 5.79. The van der Waals surface area contributed by atoms with Crippen molar-refractivity contribution in [3.05, 3.63) is 52.7 Å². The van der Waals surface area contributed by atoms with E-state index in [1.165, 1.54) is 17.8 Å². The van der Waals surface area contributed by atoms with Crippen LogP contribution in [0.5, 0.6) is 5.75 Å². The molecule has 2 heterocycles. The number of aryl methyl sites for hydroxylation is 1. The largest absolute Gasteiger partial charge is 0.492 e. The Morgan fingerprint density at radius 2 is 2.12 bits per heavy atom. The summed E-state index contributed by atoms with van der Waals surface area (Å²) in [5, 5.41) is 5.95. The van der Waals surface area contributed by atoms with Crippen molar-refractivity contribution in [1.82, 2.24) is 15.2 Å². The molecule has 0 fully saturated rings. The molecule has 0 radical (unpaired) electrons. The minimum Gasteiger partial charge on any atom is -0.492 e. The van der Waals surface area contributed by atoms with E-state index in [1.54, 1.807) is 12.4 Å². The summed E-state index contributed by atoms with van der Waals surface area (Å²) < 4.78 is 5.41. The Morgan fingerprint density at radius 1 is 1.29 bits per heavy atom. The Balaban J connectivity index is 1.75. The van der Waals surface area contributed by atoms with E-state index in [0.29, 0.717) is 12.4 Å². The lowest BCUT2D eigenvalue weighted by Gasteiger charge is -2.04. The van der Waals surface area contributed by atoms with E-state index in [4.69, 9.17) is 4.74 Å². The molecule has 2 rings (SSSR count). The van der Waals surface area contributed by atoms with Gasteiger partial charge in [-0.05, 0) is 30.5 Å². The number of nitrogens with one attached hydrogen (secondary N) is 1. The molecule has 0 atom stereocenters. The Morgan fingerprint density at radius 3 is 2.88 bits per heavy atom. The molecule has 2 aromatic rings. The van der Waals surface area contributed by atoms with Crippen molar-refractivity contribution >= 4 is 0 Å². The minimum absolute atomic E-state index is 0.253. The van der Waals surface area contributed by atoms with Gasteiger partial charge in [-0.3, -0.25) is 9.78 Å². The molecular formula is C12H13N3O2. The fourth-order valence-electron chi connectivity index (χ4n) is 1.45. The number of pyridine rings is 1. The fourth-order valence-corrected chi connectivity index (χ4v) is 1.45. The Hall–Kier alpha value is -2.17. The van der Waals surface area contributed by atoms with Crippen molar-refractivity contribution in [1.29, 1.82) is 0 Å². The van der Waals surface area contributed by atoms with Gasteiger partial charge in [0.25, 0.3) is 5.56 Å². The predicted molar refractivity (Wildman–Crippen MR) is 62.9 cm³/mol. The van der Waals surface area contributed by atoms with E-state index >= 15 is 0 Å². The monoisotopic (exact) mass is 231 g/mol. The van der Waals surface area contributed by atoms with Crippen LogP contribution in [-0.2, 0) is 6.42 Å². The molecule has 0 bridgehead atoms. The molecule has 2 aromatic heterocycles. The molecule has 88 valence electrons. The van der Waals surface area contributed by atoms with Gasteiger partial charge in [0.2, 0.25) is 0 Å². The first-order valence-electron chi connectivity index (χ1n) is 5.41. The molecule has 0 aromatic carbocycles. The van der Waals surface area contributed by atoms with Gasteiger partial charge in [0.15, 0.2) is 0 Å². The van der Waals surface area contributed by atoms with Crippen molar-refractivity contribution < 1.29 is 4.74 Å². The molecule has 5 heteroatoms. The van der Waals surface area contributed by atoms with Gasteiger partial charge in [0.1, 0.15) is 5.75 Å². The average molecular weight is 231 g/mol. The van der Waals surface area contributed by atoms with E-state index in [1.807, 2.05) is 12.1 Å². The van der Waals surface area contributed by atoms with Gasteiger partial charge in [-0.25, -0.2) is 5.10 Å². The van der Waals surface area contributed by atoms with Gasteiger partial charge in [-0.2, -0.15) is 5.10 Å². The van der Waals surface area contributed by atoms with Gasteiger partial charge in [0.05, 0.1) is 12.8 Å². The SMILES string of the molecule is O=c1cc(OCCCc2ccncc2)cn[nH]1. The first kappa shape index (κ1) is 11.3. The zero-order chi connectivity index (χ0) is 11.9. The molecule has 17 heavy (non-hydrogen) atoms. The van der Waals surface area contributed by atoms with E-state index in [0.717, 1.165) is 12.8 Å². The smallest absolute Gasteiger partial charge is 0.267 e. The molecule has 0 spiro atoms. The van der Waals surface area contributed by atoms with Gasteiger partial charge in [0, 0.05) is 18.5 Å². The Bertz CT molecular complexity index is 510. The van der Waals surface area contributed by atoms with Crippen molar-refractivity contribution in [3.8, 4) is 5.75 Å². The van der Waals surface area contributed by atoms with Crippen LogP contribution in [0.1, 0.15) is 12.0 Å². The van der Waals surface area contributed by atoms with E-state index in [2.05, 4.69) is 15.2 Å². The quantitative estimate of drug-likeness (QED) is 0.784. The maximum absolute atomic E-state index is 10.9. The maximum Gasteiger partial charge on any atom is 0.267 e. The van der Waals surface area contributed by atoms with Gasteiger partial charge in [-0.1, -0.05) is 0 Å². The van der Waals surface area contributed by atoms with Crippen LogP contribution in [0.4, 0.5) is 0 Å². The van der Waals surface area contributed by atoms with E-state index in [-0.39, 0.29) is 5.56 Å². The van der Waals surface area contributed by atoms with Crippen LogP contribution in [0.25, 0.3) is 0 Å². The van der Waals surface area contributed by atoms with Gasteiger partial charge in [-0.15, -0.1) is 0 Å². The van der Waals surface area contributed by atoms with Gasteiger partial charge < -0.3 is 4.74 Å². The molecule has 1 N–H and O–H groups in total. The highest BCUT2D eigenvalue weighted by Gasteiger charge is 1.96. The molecule has 0 saturated carbocycles. The molecule has 0 aliphatic rings. The third kappa shape index (κ3) is 3.71. The summed E-state index contributed by atoms with van der Waals surface area (Å²) in [6.07, 6.45) is 6.86. The molecule has 0 saturated heterocycles. The lowest BCUT2D eigenvalue weighted by Crippen LogP contribution is -2.08. The molecule has 5 nitrogen and oxygen atoms in total. The van der Waals surface area contributed by atoms with Crippen LogP contribution in [0.2, 0.25) is 0 Å². The Kier molecular flexibility index (Phi) is 3.85. The van der Waals surface area contributed by atoms with Crippen LogP contribution >= 0.6 is 0 Å². The highest BCUT2D eigenvalue weighted by molar-refractivity contribution is 5.13. The Labute approximate surface area is 98.5 Å². The normalized spacial score (nSPS) is 10.1. The number of hydrogen-bond acceptors (Lipinski definition) is 4. The second-order valence-electron chi connectivity index (χ2n) is 3.59. The molecule has 0 aliphatic carbocycles. The van der Waals surface area contributed by atoms with Crippen LogP contribution in [0, 0.1) is 0 Å². The zero-order valence-electron chi connectivity index (χ0n) is 9.30. The maximum atomic E-state index is 10.9. The molecule has 0 amide bonds. The number of hydrogen-bond donors (Lipinski definition) is 1. The highest BCUT2D eigenvalue weighted by Crippen LogP contribution is 2.05. The molecule has 0 aliphatic heterocycles. The fraction of sp³-hybridized carbons (Fsp3) is 0.250. The van der Waals surface area contributed by atoms with E-state index < -0.39 is 0 Å². The van der Waals surface area contributed by atoms with Crippen LogP contribution in [0.3, 0.4) is 0 Å². The summed E-state index contributed by atoms with van der Waals surface area (Å²) in [5.74, 6) is 0.503. The third-order valence-corrected chi connectivity index (χ3v) is 2.27. The lowest BCUT2D eigenvalue weighted by molar-refractivity contribution is 0.308. The van der Waals surface area contributed by atoms with Gasteiger partial charge >= 0.3 is 0 Å².